The Morgan fingerprint density at radius 2 is 1.96 bits per heavy atom. The minimum absolute atomic E-state index is 0.114. The van der Waals surface area contributed by atoms with Crippen molar-refractivity contribution in [3.63, 3.8) is 0 Å². The van der Waals surface area contributed by atoms with Gasteiger partial charge in [-0.15, -0.1) is 0 Å². The average Bonchev–Trinajstić information content (AvgIpc) is 2.61. The van der Waals surface area contributed by atoms with E-state index < -0.39 is 11.2 Å². The molecule has 2 aromatic rings. The van der Waals surface area contributed by atoms with Crippen molar-refractivity contribution in [2.24, 2.45) is 0 Å². The molecular formula is C20H25ClN4O3. The number of hydrogen-bond acceptors (Lipinski definition) is 6. The number of allylic oxidation sites excluding steroid dienone is 1. The highest BCUT2D eigenvalue weighted by molar-refractivity contribution is 6.31. The van der Waals surface area contributed by atoms with Crippen LogP contribution in [0.2, 0.25) is 5.02 Å². The zero-order chi connectivity index (χ0) is 20.8. The van der Waals surface area contributed by atoms with Crippen molar-refractivity contribution in [1.82, 2.24) is 19.4 Å². The number of aryl methyl sites for hydroxylation is 1. The number of aliphatic hydroxyl groups is 1. The van der Waals surface area contributed by atoms with Crippen molar-refractivity contribution in [2.75, 3.05) is 7.05 Å². The van der Waals surface area contributed by atoms with Gasteiger partial charge in [0.25, 0.3) is 5.56 Å². The van der Waals surface area contributed by atoms with Crippen molar-refractivity contribution in [1.29, 1.82) is 0 Å². The first-order chi connectivity index (χ1) is 13.0. The molecule has 0 aliphatic carbocycles. The van der Waals surface area contributed by atoms with E-state index in [1.165, 1.54) is 6.07 Å². The molecule has 3 rings (SSSR count). The Hall–Kier alpha value is -2.38. The molecule has 0 spiro atoms. The summed E-state index contributed by atoms with van der Waals surface area (Å²) in [4.78, 5) is 23.5. The molecule has 8 heteroatoms. The van der Waals surface area contributed by atoms with Crippen LogP contribution in [0.1, 0.15) is 56.5 Å². The van der Waals surface area contributed by atoms with Crippen LogP contribution in [0.4, 0.5) is 0 Å². The van der Waals surface area contributed by atoms with E-state index in [4.69, 9.17) is 11.6 Å². The summed E-state index contributed by atoms with van der Waals surface area (Å²) in [5.74, 6) is 0.138. The predicted octanol–water partition coefficient (Wildman–Crippen LogP) is 3.05. The largest absolute Gasteiger partial charge is 0.506 e. The van der Waals surface area contributed by atoms with E-state index in [1.54, 1.807) is 31.5 Å². The maximum atomic E-state index is 12.7. The molecule has 0 radical (unpaired) electrons. The number of pyridine rings is 1. The minimum atomic E-state index is -1.15. The number of rotatable bonds is 3. The first-order valence-corrected chi connectivity index (χ1v) is 9.45. The summed E-state index contributed by atoms with van der Waals surface area (Å²) in [6, 6.07) is 2.98. The molecule has 0 amide bonds. The fraction of sp³-hybridized carbons (Fsp3) is 0.450. The molecule has 1 aliphatic heterocycles. The van der Waals surface area contributed by atoms with Gasteiger partial charge in [-0.25, -0.2) is 9.97 Å². The lowest BCUT2D eigenvalue weighted by Gasteiger charge is -2.37. The van der Waals surface area contributed by atoms with Crippen LogP contribution in [0.3, 0.4) is 0 Å². The van der Waals surface area contributed by atoms with Gasteiger partial charge >= 0.3 is 0 Å². The molecule has 2 unspecified atom stereocenters. The average molecular weight is 405 g/mol. The first kappa shape index (κ1) is 20.4. The number of aromatic nitrogens is 3. The molecule has 150 valence electrons. The van der Waals surface area contributed by atoms with Gasteiger partial charge in [0, 0.05) is 31.2 Å². The molecular weight excluding hydrogens is 380 g/mol. The number of aromatic hydroxyl groups is 1. The fourth-order valence-corrected chi connectivity index (χ4v) is 3.79. The van der Waals surface area contributed by atoms with Crippen LogP contribution in [0, 0.1) is 6.92 Å². The molecule has 2 atom stereocenters. The van der Waals surface area contributed by atoms with Crippen LogP contribution in [-0.4, -0.2) is 36.7 Å². The lowest BCUT2D eigenvalue weighted by molar-refractivity contribution is 0.0679. The summed E-state index contributed by atoms with van der Waals surface area (Å²) in [5.41, 5.74) is 0.834. The molecule has 28 heavy (non-hydrogen) atoms. The molecule has 7 nitrogen and oxygen atoms in total. The van der Waals surface area contributed by atoms with Crippen LogP contribution in [-0.2, 0) is 5.60 Å². The summed E-state index contributed by atoms with van der Waals surface area (Å²) in [6.45, 7) is 7.03. The highest BCUT2D eigenvalue weighted by Gasteiger charge is 2.31. The lowest BCUT2D eigenvalue weighted by Crippen LogP contribution is -2.35. The maximum Gasteiger partial charge on any atom is 0.273 e. The van der Waals surface area contributed by atoms with Crippen LogP contribution < -0.4 is 5.56 Å². The summed E-state index contributed by atoms with van der Waals surface area (Å²) >= 11 is 6.01. The van der Waals surface area contributed by atoms with Crippen LogP contribution >= 0.6 is 11.6 Å². The normalized spacial score (nSPS) is 20.2. The predicted molar refractivity (Wildman–Crippen MR) is 107 cm³/mol. The van der Waals surface area contributed by atoms with Gasteiger partial charge in [0.15, 0.2) is 5.82 Å². The quantitative estimate of drug-likeness (QED) is 0.816. The number of nitrogens with zero attached hydrogens (tertiary/aromatic N) is 4. The molecule has 0 bridgehead atoms. The minimum Gasteiger partial charge on any atom is -0.506 e. The van der Waals surface area contributed by atoms with Crippen molar-refractivity contribution in [2.45, 2.75) is 51.8 Å². The highest BCUT2D eigenvalue weighted by Crippen LogP contribution is 2.38. The van der Waals surface area contributed by atoms with E-state index in [0.717, 1.165) is 11.3 Å². The molecule has 0 saturated heterocycles. The molecule has 0 saturated carbocycles. The Labute approximate surface area is 168 Å². The van der Waals surface area contributed by atoms with Crippen LogP contribution in [0.15, 0.2) is 34.9 Å². The second kappa shape index (κ2) is 7.22. The van der Waals surface area contributed by atoms with Gasteiger partial charge in [0.2, 0.25) is 0 Å². The van der Waals surface area contributed by atoms with Crippen molar-refractivity contribution < 1.29 is 10.2 Å². The highest BCUT2D eigenvalue weighted by atomic mass is 35.5. The standard InChI is InChI=1S/C20H25ClN4O3/c1-11-10-24(5)15(13-6-7-22-19(23-13)20(3,4)28)9-14(11)25-12(2)8-16(26)17(21)18(25)27/h6-8,10,14-15,26,28H,9H2,1-5H3. The monoisotopic (exact) mass is 404 g/mol. The summed E-state index contributed by atoms with van der Waals surface area (Å²) in [7, 11) is 1.95. The van der Waals surface area contributed by atoms with Gasteiger partial charge in [-0.1, -0.05) is 11.6 Å². The van der Waals surface area contributed by atoms with E-state index in [1.807, 2.05) is 31.1 Å². The SMILES string of the molecule is CC1=CN(C)C(c2ccnc(C(C)(C)O)n2)CC1n1c(C)cc(O)c(Cl)c1=O. The van der Waals surface area contributed by atoms with Crippen molar-refractivity contribution in [3.05, 3.63) is 62.7 Å². The molecule has 3 heterocycles. The van der Waals surface area contributed by atoms with E-state index in [9.17, 15) is 15.0 Å². The van der Waals surface area contributed by atoms with Gasteiger partial charge in [-0.3, -0.25) is 4.79 Å². The topological polar surface area (TPSA) is 91.5 Å². The Morgan fingerprint density at radius 1 is 1.29 bits per heavy atom. The third-order valence-electron chi connectivity index (χ3n) is 5.11. The summed E-state index contributed by atoms with van der Waals surface area (Å²) in [6.07, 6.45) is 4.21. The second-order valence-corrected chi connectivity index (χ2v) is 8.21. The van der Waals surface area contributed by atoms with Gasteiger partial charge in [0.1, 0.15) is 16.4 Å². The smallest absolute Gasteiger partial charge is 0.273 e. The van der Waals surface area contributed by atoms with Crippen molar-refractivity contribution >= 4 is 11.6 Å². The first-order valence-electron chi connectivity index (χ1n) is 9.07. The van der Waals surface area contributed by atoms with E-state index >= 15 is 0 Å². The molecule has 0 fully saturated rings. The van der Waals surface area contributed by atoms with Crippen LogP contribution in [0.25, 0.3) is 0 Å². The lowest BCUT2D eigenvalue weighted by atomic mass is 9.93. The summed E-state index contributed by atoms with van der Waals surface area (Å²) in [5, 5.41) is 19.9. The fourth-order valence-electron chi connectivity index (χ4n) is 3.65. The Balaban J connectivity index is 2.06. The third kappa shape index (κ3) is 3.64. The molecule has 0 aromatic carbocycles. The number of hydrogen-bond donors (Lipinski definition) is 2. The van der Waals surface area contributed by atoms with Crippen LogP contribution in [0.5, 0.6) is 5.75 Å². The Morgan fingerprint density at radius 3 is 2.61 bits per heavy atom. The van der Waals surface area contributed by atoms with Gasteiger partial charge in [0.05, 0.1) is 17.8 Å². The maximum absolute atomic E-state index is 12.7. The van der Waals surface area contributed by atoms with E-state index in [2.05, 4.69) is 9.97 Å². The summed E-state index contributed by atoms with van der Waals surface area (Å²) < 4.78 is 1.62. The van der Waals surface area contributed by atoms with Crippen molar-refractivity contribution in [3.8, 4) is 5.75 Å². The van der Waals surface area contributed by atoms with Gasteiger partial charge < -0.3 is 19.7 Å². The van der Waals surface area contributed by atoms with Gasteiger partial charge in [-0.05, 0) is 45.8 Å². The van der Waals surface area contributed by atoms with E-state index in [0.29, 0.717) is 17.9 Å². The zero-order valence-corrected chi connectivity index (χ0v) is 17.4. The van der Waals surface area contributed by atoms with E-state index in [-0.39, 0.29) is 22.9 Å². The molecule has 2 N–H and O–H groups in total. The Bertz CT molecular complexity index is 994. The van der Waals surface area contributed by atoms with Gasteiger partial charge in [-0.2, -0.15) is 0 Å². The third-order valence-corrected chi connectivity index (χ3v) is 5.46. The second-order valence-electron chi connectivity index (χ2n) is 7.83. The zero-order valence-electron chi connectivity index (χ0n) is 16.6. The Kier molecular flexibility index (Phi) is 5.25. The number of halogens is 1. The molecule has 2 aromatic heterocycles. The molecule has 1 aliphatic rings.